The number of ketones is 1. The van der Waals surface area contributed by atoms with Crippen molar-refractivity contribution in [2.75, 3.05) is 4.90 Å². The van der Waals surface area contributed by atoms with E-state index >= 15 is 0 Å². The van der Waals surface area contributed by atoms with E-state index in [2.05, 4.69) is 53.6 Å². The Labute approximate surface area is 175 Å². The van der Waals surface area contributed by atoms with Gasteiger partial charge in [0.2, 0.25) is 0 Å². The van der Waals surface area contributed by atoms with Crippen LogP contribution in [0.4, 0.5) is 5.69 Å². The smallest absolute Gasteiger partial charge is 0.163 e. The number of benzene rings is 3. The number of nitrogens with zero attached hydrogens (tertiary/aromatic N) is 1. The first-order valence-electron chi connectivity index (χ1n) is 9.88. The molecule has 3 aromatic carbocycles. The first kappa shape index (κ1) is 18.0. The zero-order chi connectivity index (χ0) is 19.6. The molecule has 3 aromatic rings. The molecule has 0 spiro atoms. The van der Waals surface area contributed by atoms with Crippen LogP contribution in [0.5, 0.6) is 0 Å². The Morgan fingerprint density at radius 3 is 2.00 bits per heavy atom. The molecule has 0 fully saturated rings. The fraction of sp³-hybridized carbons (Fsp3) is 0.115. The van der Waals surface area contributed by atoms with Crippen molar-refractivity contribution in [2.24, 2.45) is 0 Å². The molecule has 0 saturated heterocycles. The van der Waals surface area contributed by atoms with Crippen LogP contribution in [0.3, 0.4) is 0 Å². The summed E-state index contributed by atoms with van der Waals surface area (Å²) in [6.45, 7) is 0. The van der Waals surface area contributed by atoms with Crippen molar-refractivity contribution < 1.29 is 4.79 Å². The first-order valence-corrected chi connectivity index (χ1v) is 10.8. The topological polar surface area (TPSA) is 20.3 Å². The second kappa shape index (κ2) is 7.76. The molecular formula is C26H21NOS. The average Bonchev–Trinajstić information content (AvgIpc) is 2.80. The van der Waals surface area contributed by atoms with E-state index in [9.17, 15) is 4.79 Å². The summed E-state index contributed by atoms with van der Waals surface area (Å²) in [6, 6.07) is 31.0. The van der Waals surface area contributed by atoms with Gasteiger partial charge >= 0.3 is 0 Å². The number of Topliss-reactive ketones (excluding diaryl/α,β-unsaturated/α-hetero) is 1. The minimum atomic E-state index is 0.00267. The Morgan fingerprint density at radius 2 is 1.34 bits per heavy atom. The van der Waals surface area contributed by atoms with Crippen LogP contribution in [-0.2, 0) is 4.79 Å². The number of hydrogen-bond acceptors (Lipinski definition) is 3. The predicted octanol–water partition coefficient (Wildman–Crippen LogP) is 6.46. The van der Waals surface area contributed by atoms with Crippen molar-refractivity contribution in [3.63, 3.8) is 0 Å². The molecule has 2 aliphatic heterocycles. The van der Waals surface area contributed by atoms with Gasteiger partial charge in [0.25, 0.3) is 0 Å². The van der Waals surface area contributed by atoms with Gasteiger partial charge in [-0.2, -0.15) is 0 Å². The van der Waals surface area contributed by atoms with Crippen LogP contribution in [0.25, 0.3) is 0 Å². The van der Waals surface area contributed by atoms with Crippen LogP contribution in [0, 0.1) is 0 Å². The minimum Gasteiger partial charge on any atom is -0.312 e. The largest absolute Gasteiger partial charge is 0.312 e. The molecule has 3 heteroatoms. The van der Waals surface area contributed by atoms with Crippen molar-refractivity contribution in [3.8, 4) is 0 Å². The number of carbonyl (C=O) groups excluding carboxylic acids is 1. The van der Waals surface area contributed by atoms with Gasteiger partial charge in [0, 0.05) is 35.0 Å². The van der Waals surface area contributed by atoms with Gasteiger partial charge in [-0.15, -0.1) is 0 Å². The summed E-state index contributed by atoms with van der Waals surface area (Å²) in [7, 11) is 0. The van der Waals surface area contributed by atoms with Gasteiger partial charge in [-0.1, -0.05) is 96.7 Å². The molecule has 0 N–H and O–H groups in total. The molecule has 5 rings (SSSR count). The standard InChI is InChI=1S/C26H21NOS/c28-23-18-24(20-12-6-2-7-13-20)29-26-25(23)22(19-10-4-1-5-11-19)16-17-27(26)21-14-8-3-9-15-21/h1-17,22,24H,18H2. The molecule has 0 aliphatic carbocycles. The molecule has 2 aliphatic rings. The van der Waals surface area contributed by atoms with E-state index in [-0.39, 0.29) is 17.0 Å². The van der Waals surface area contributed by atoms with Gasteiger partial charge in [-0.05, 0) is 23.3 Å². The molecule has 29 heavy (non-hydrogen) atoms. The lowest BCUT2D eigenvalue weighted by Crippen LogP contribution is -2.29. The molecular weight excluding hydrogens is 374 g/mol. The second-order valence-electron chi connectivity index (χ2n) is 7.30. The van der Waals surface area contributed by atoms with E-state index in [0.29, 0.717) is 6.42 Å². The van der Waals surface area contributed by atoms with E-state index in [1.54, 1.807) is 0 Å². The zero-order valence-corrected chi connectivity index (χ0v) is 16.8. The molecule has 0 saturated carbocycles. The summed E-state index contributed by atoms with van der Waals surface area (Å²) < 4.78 is 0. The van der Waals surface area contributed by atoms with Crippen molar-refractivity contribution in [2.45, 2.75) is 17.6 Å². The maximum absolute atomic E-state index is 13.4. The van der Waals surface area contributed by atoms with Crippen molar-refractivity contribution in [1.82, 2.24) is 0 Å². The first-order chi connectivity index (χ1) is 14.3. The molecule has 2 atom stereocenters. The van der Waals surface area contributed by atoms with Crippen molar-refractivity contribution in [3.05, 3.63) is 125 Å². The Kier molecular flexibility index (Phi) is 4.82. The van der Waals surface area contributed by atoms with Crippen LogP contribution in [0.2, 0.25) is 0 Å². The summed E-state index contributed by atoms with van der Waals surface area (Å²) in [5, 5.41) is 1.19. The Morgan fingerprint density at radius 1 is 0.759 bits per heavy atom. The maximum Gasteiger partial charge on any atom is 0.163 e. The van der Waals surface area contributed by atoms with E-state index in [1.165, 1.54) is 5.56 Å². The quantitative estimate of drug-likeness (QED) is 0.507. The summed E-state index contributed by atoms with van der Waals surface area (Å²) in [4.78, 5) is 15.6. The molecule has 0 aromatic heterocycles. The summed E-state index contributed by atoms with van der Waals surface area (Å²) in [5.74, 6) is 0.245. The van der Waals surface area contributed by atoms with Crippen LogP contribution in [0.15, 0.2) is 114 Å². The second-order valence-corrected chi connectivity index (χ2v) is 8.49. The Bertz CT molecular complexity index is 1070. The maximum atomic E-state index is 13.4. The summed E-state index contributed by atoms with van der Waals surface area (Å²) >= 11 is 1.81. The van der Waals surface area contributed by atoms with E-state index in [1.807, 2.05) is 66.4 Å². The zero-order valence-electron chi connectivity index (χ0n) is 15.9. The molecule has 0 bridgehead atoms. The highest BCUT2D eigenvalue weighted by Crippen LogP contribution is 2.51. The lowest BCUT2D eigenvalue weighted by Gasteiger charge is -2.37. The van der Waals surface area contributed by atoms with Crippen molar-refractivity contribution >= 4 is 23.2 Å². The molecule has 2 unspecified atom stereocenters. The fourth-order valence-electron chi connectivity index (χ4n) is 4.05. The van der Waals surface area contributed by atoms with Crippen molar-refractivity contribution in [1.29, 1.82) is 0 Å². The molecule has 0 radical (unpaired) electrons. The lowest BCUT2D eigenvalue weighted by atomic mass is 9.85. The molecule has 0 amide bonds. The number of carbonyl (C=O) groups is 1. The van der Waals surface area contributed by atoms with Crippen LogP contribution in [0.1, 0.15) is 28.7 Å². The van der Waals surface area contributed by atoms with E-state index in [4.69, 9.17) is 0 Å². The van der Waals surface area contributed by atoms with Gasteiger partial charge < -0.3 is 4.90 Å². The third-order valence-electron chi connectivity index (χ3n) is 5.48. The number of hydrogen-bond donors (Lipinski definition) is 0. The Balaban J connectivity index is 1.61. The van der Waals surface area contributed by atoms with Gasteiger partial charge in [0.05, 0.1) is 5.03 Å². The van der Waals surface area contributed by atoms with Gasteiger partial charge in [0.1, 0.15) is 0 Å². The van der Waals surface area contributed by atoms with Crippen LogP contribution >= 0.6 is 11.8 Å². The lowest BCUT2D eigenvalue weighted by molar-refractivity contribution is -0.115. The van der Waals surface area contributed by atoms with Crippen LogP contribution in [-0.4, -0.2) is 5.78 Å². The highest BCUT2D eigenvalue weighted by molar-refractivity contribution is 8.03. The van der Waals surface area contributed by atoms with Crippen LogP contribution < -0.4 is 4.90 Å². The van der Waals surface area contributed by atoms with Gasteiger partial charge in [-0.3, -0.25) is 4.79 Å². The third kappa shape index (κ3) is 3.43. The number of para-hydroxylation sites is 1. The number of anilines is 1. The average molecular weight is 396 g/mol. The molecule has 142 valence electrons. The Hall–Kier alpha value is -3.04. The van der Waals surface area contributed by atoms with Gasteiger partial charge in [-0.25, -0.2) is 0 Å². The highest BCUT2D eigenvalue weighted by Gasteiger charge is 2.37. The normalized spacial score (nSPS) is 21.2. The number of allylic oxidation sites excluding steroid dienone is 2. The minimum absolute atomic E-state index is 0.00267. The number of thioether (sulfide) groups is 1. The fourth-order valence-corrected chi connectivity index (χ4v) is 5.50. The van der Waals surface area contributed by atoms with E-state index < -0.39 is 0 Å². The molecule has 2 nitrogen and oxygen atoms in total. The van der Waals surface area contributed by atoms with Gasteiger partial charge in [0.15, 0.2) is 5.78 Å². The third-order valence-corrected chi connectivity index (χ3v) is 6.84. The molecule has 2 heterocycles. The SMILES string of the molecule is O=C1CC(c2ccccc2)SC2=C1C(c1ccccc1)C=CN2c1ccccc1. The predicted molar refractivity (Wildman–Crippen MR) is 121 cm³/mol. The highest BCUT2D eigenvalue weighted by atomic mass is 32.2. The summed E-state index contributed by atoms with van der Waals surface area (Å²) in [6.07, 6.45) is 4.81. The number of rotatable bonds is 3. The summed E-state index contributed by atoms with van der Waals surface area (Å²) in [5.41, 5.74) is 4.36. The monoisotopic (exact) mass is 395 g/mol. The van der Waals surface area contributed by atoms with E-state index in [0.717, 1.165) is 21.9 Å².